The molecule has 0 saturated heterocycles. The molecule has 0 heterocycles. The average Bonchev–Trinajstić information content (AvgIpc) is 1.33. The Morgan fingerprint density at radius 1 is 1.38 bits per heavy atom. The molecule has 0 aliphatic rings. The van der Waals surface area contributed by atoms with Crippen LogP contribution in [0, 0.1) is 15.7 Å². The van der Waals surface area contributed by atoms with Crippen molar-refractivity contribution in [1.29, 1.82) is 0 Å². The zero-order valence-electron chi connectivity index (χ0n) is 3.91. The van der Waals surface area contributed by atoms with Crippen molar-refractivity contribution in [2.45, 2.75) is 0 Å². The number of hydrogen-bond acceptors (Lipinski definition) is 5. The van der Waals surface area contributed by atoms with Crippen molar-refractivity contribution in [2.75, 3.05) is 0 Å². The Morgan fingerprint density at radius 3 is 1.38 bits per heavy atom. The molecule has 0 rings (SSSR count). The van der Waals surface area contributed by atoms with E-state index in [-0.39, 0.29) is 51.4 Å². The van der Waals surface area contributed by atoms with Gasteiger partial charge in [0.05, 0.1) is 10.8 Å². The fraction of sp³-hybridized carbons (Fsp3) is 0. The van der Waals surface area contributed by atoms with Crippen LogP contribution in [-0.4, -0.2) is 5.21 Å². The van der Waals surface area contributed by atoms with Crippen LogP contribution in [0.15, 0.2) is 5.34 Å². The molecule has 1 N–H and O–H groups in total. The minimum atomic E-state index is -2.85. The summed E-state index contributed by atoms with van der Waals surface area (Å²) in [6.45, 7) is 0. The van der Waals surface area contributed by atoms with E-state index in [1.54, 1.807) is 0 Å². The van der Waals surface area contributed by atoms with Crippen LogP contribution in [0.1, 0.15) is 0 Å². The van der Waals surface area contributed by atoms with Crippen molar-refractivity contribution >= 4 is 0 Å². The molecule has 0 aromatic carbocycles. The SMILES string of the molecule is O=NO.[K+].[O-][Cl+2]([O-])[O-]. The molecule has 8 heteroatoms. The van der Waals surface area contributed by atoms with E-state index in [9.17, 15) is 0 Å². The smallest absolute Gasteiger partial charge is 0.379 e. The molecule has 0 fully saturated rings. The van der Waals surface area contributed by atoms with E-state index >= 15 is 0 Å². The molecule has 0 aromatic heterocycles. The predicted molar refractivity (Wildman–Crippen MR) is 7.58 cm³/mol. The van der Waals surface area contributed by atoms with Gasteiger partial charge in [0.15, 0.2) is 5.34 Å². The van der Waals surface area contributed by atoms with E-state index in [1.807, 2.05) is 0 Å². The monoisotopic (exact) mass is 169 g/mol. The van der Waals surface area contributed by atoms with Crippen LogP contribution in [0.25, 0.3) is 0 Å². The van der Waals surface area contributed by atoms with Gasteiger partial charge in [0, 0.05) is 0 Å². The Labute approximate surface area is 90.3 Å². The maximum Gasteiger partial charge on any atom is 1.00 e. The third-order valence-electron chi connectivity index (χ3n) is 0. The Morgan fingerprint density at radius 2 is 1.38 bits per heavy atom. The second kappa shape index (κ2) is 15.7. The van der Waals surface area contributed by atoms with Crippen molar-refractivity contribution < 1.29 is 81.4 Å². The summed E-state index contributed by atoms with van der Waals surface area (Å²) in [6, 6.07) is 0. The van der Waals surface area contributed by atoms with E-state index in [0.29, 0.717) is 0 Å². The van der Waals surface area contributed by atoms with Crippen LogP contribution in [0.2, 0.25) is 0 Å². The summed E-state index contributed by atoms with van der Waals surface area (Å²) in [5, 5.41) is 7.89. The first kappa shape index (κ1) is 16.1. The van der Waals surface area contributed by atoms with Crippen molar-refractivity contribution in [1.82, 2.24) is 0 Å². The Hall–Kier alpha value is 1.21. The second-order valence-corrected chi connectivity index (χ2v) is 0.649. The van der Waals surface area contributed by atoms with E-state index in [0.717, 1.165) is 0 Å². The van der Waals surface area contributed by atoms with E-state index < -0.39 is 10.8 Å². The summed E-state index contributed by atoms with van der Waals surface area (Å²) in [4.78, 5) is 8.11. The topological polar surface area (TPSA) is 119 Å². The zero-order chi connectivity index (χ0) is 6.28. The van der Waals surface area contributed by atoms with Gasteiger partial charge in [-0.05, 0) is 0 Å². The van der Waals surface area contributed by atoms with Gasteiger partial charge in [-0.3, -0.25) is 0 Å². The summed E-state index contributed by atoms with van der Waals surface area (Å²) in [5.41, 5.74) is 0. The Balaban J connectivity index is -0.0000000575. The number of hydrogen-bond donors (Lipinski definition) is 1. The molecule has 0 radical (unpaired) electrons. The molecule has 0 unspecified atom stereocenters. The van der Waals surface area contributed by atoms with Gasteiger partial charge < -0.3 is 19.2 Å². The Bertz CT molecular complexity index is 36.7. The largest absolute Gasteiger partial charge is 1.00 e. The van der Waals surface area contributed by atoms with Gasteiger partial charge in [-0.25, -0.2) is 0 Å². The third kappa shape index (κ3) is 191. The summed E-state index contributed by atoms with van der Waals surface area (Å²) in [5.74, 6) is 0. The van der Waals surface area contributed by atoms with Crippen LogP contribution < -0.4 is 65.4 Å². The number of nitrogens with zero attached hydrogens (tertiary/aromatic N) is 1. The fourth-order valence-electron chi connectivity index (χ4n) is 0. The molecule has 0 aliphatic heterocycles. The first-order valence-corrected chi connectivity index (χ1v) is 1.77. The molecule has 0 saturated carbocycles. The van der Waals surface area contributed by atoms with Gasteiger partial charge in [0.1, 0.15) is 0 Å². The van der Waals surface area contributed by atoms with Crippen molar-refractivity contribution in [3.63, 3.8) is 0 Å². The van der Waals surface area contributed by atoms with Gasteiger partial charge in [-0.15, -0.1) is 4.91 Å². The van der Waals surface area contributed by atoms with Gasteiger partial charge in [0.2, 0.25) is 0 Å². The molecular formula is HClKNO5. The first-order valence-electron chi connectivity index (χ1n) is 0.845. The van der Waals surface area contributed by atoms with Crippen molar-refractivity contribution in [3.8, 4) is 0 Å². The van der Waals surface area contributed by atoms with Gasteiger partial charge in [-0.2, -0.15) is 0 Å². The van der Waals surface area contributed by atoms with Crippen LogP contribution in [0.4, 0.5) is 0 Å². The summed E-state index contributed by atoms with van der Waals surface area (Å²) < 4.78 is 25.2. The fourth-order valence-corrected chi connectivity index (χ4v) is 0. The first-order chi connectivity index (χ1) is 3.15. The normalized spacial score (nSPS) is 6.00. The molecular weight excluding hydrogens is 169 g/mol. The molecule has 0 aromatic rings. The standard InChI is InChI=1S/ClO3.K.HNO2/c2-1(3)4;;2-1-3/h;;(H,2,3)/q-1;+1;. The maximum absolute atomic E-state index is 8.41. The van der Waals surface area contributed by atoms with E-state index in [2.05, 4.69) is 0 Å². The molecule has 0 bridgehead atoms. The molecule has 0 amide bonds. The summed E-state index contributed by atoms with van der Waals surface area (Å²) in [7, 11) is -2.85. The number of rotatable bonds is 0. The van der Waals surface area contributed by atoms with Crippen molar-refractivity contribution in [2.24, 2.45) is 5.34 Å². The second-order valence-electron chi connectivity index (χ2n) is 0.271. The molecule has 0 atom stereocenters. The zero-order valence-corrected chi connectivity index (χ0v) is 7.78. The maximum atomic E-state index is 8.41. The Kier molecular flexibility index (Phi) is 31.6. The van der Waals surface area contributed by atoms with E-state index in [1.165, 1.54) is 5.34 Å². The van der Waals surface area contributed by atoms with Crippen LogP contribution >= 0.6 is 0 Å². The van der Waals surface area contributed by atoms with E-state index in [4.69, 9.17) is 24.1 Å². The molecule has 8 heavy (non-hydrogen) atoms. The molecule has 0 aliphatic carbocycles. The molecule has 0 spiro atoms. The van der Waals surface area contributed by atoms with Gasteiger partial charge in [0.25, 0.3) is 0 Å². The predicted octanol–water partition coefficient (Wildman–Crippen LogP) is -6.42. The molecule has 44 valence electrons. The average molecular weight is 170 g/mol. The summed E-state index contributed by atoms with van der Waals surface area (Å²) in [6.07, 6.45) is 0. The van der Waals surface area contributed by atoms with Crippen LogP contribution in [0.5, 0.6) is 0 Å². The summed E-state index contributed by atoms with van der Waals surface area (Å²) >= 11 is 0. The van der Waals surface area contributed by atoms with Gasteiger partial charge in [-0.1, -0.05) is 0 Å². The molecule has 6 nitrogen and oxygen atoms in total. The van der Waals surface area contributed by atoms with Crippen LogP contribution in [-0.2, 0) is 0 Å². The minimum Gasteiger partial charge on any atom is -0.379 e. The third-order valence-corrected chi connectivity index (χ3v) is 0. The van der Waals surface area contributed by atoms with Crippen LogP contribution in [0.3, 0.4) is 0 Å². The quantitative estimate of drug-likeness (QED) is 0.220. The minimum absolute atomic E-state index is 0. The van der Waals surface area contributed by atoms with Crippen molar-refractivity contribution in [3.05, 3.63) is 4.91 Å². The number of halogens is 1. The van der Waals surface area contributed by atoms with Gasteiger partial charge >= 0.3 is 51.4 Å².